The van der Waals surface area contributed by atoms with Crippen LogP contribution in [-0.2, 0) is 14.8 Å². The van der Waals surface area contributed by atoms with Crippen molar-refractivity contribution in [2.45, 2.75) is 31.3 Å². The van der Waals surface area contributed by atoms with Crippen LogP contribution in [0.3, 0.4) is 0 Å². The smallest absolute Gasteiger partial charge is 0.410 e. The van der Waals surface area contributed by atoms with Crippen molar-refractivity contribution in [3.63, 3.8) is 0 Å². The van der Waals surface area contributed by atoms with Crippen LogP contribution in [0.15, 0.2) is 65.7 Å². The van der Waals surface area contributed by atoms with E-state index >= 15 is 0 Å². The molecule has 1 aliphatic heterocycles. The van der Waals surface area contributed by atoms with Gasteiger partial charge in [0.25, 0.3) is 10.0 Å². The maximum Gasteiger partial charge on any atom is 0.410 e. The van der Waals surface area contributed by atoms with Gasteiger partial charge in [-0.05, 0) is 75.4 Å². The molecule has 0 spiro atoms. The van der Waals surface area contributed by atoms with Crippen LogP contribution in [0.1, 0.15) is 20.8 Å². The number of sulfonamides is 1. The molecular weight excluding hydrogens is 575 g/mol. The second-order valence-electron chi connectivity index (χ2n) is 10.4. The summed E-state index contributed by atoms with van der Waals surface area (Å²) >= 11 is 12.0. The first-order chi connectivity index (χ1) is 18.9. The lowest BCUT2D eigenvalue weighted by Crippen LogP contribution is -2.50. The molecule has 0 unspecified atom stereocenters. The summed E-state index contributed by atoms with van der Waals surface area (Å²) in [5.74, 6) is 1.34. The number of fused-ring (bicyclic) bond motifs is 1. The molecule has 0 atom stereocenters. The second kappa shape index (κ2) is 10.8. The van der Waals surface area contributed by atoms with Gasteiger partial charge in [0.05, 0.1) is 10.4 Å². The van der Waals surface area contributed by atoms with E-state index in [0.717, 1.165) is 16.7 Å². The van der Waals surface area contributed by atoms with E-state index in [1.165, 1.54) is 18.2 Å². The van der Waals surface area contributed by atoms with Crippen LogP contribution in [0, 0.1) is 0 Å². The number of nitrogens with one attached hydrogen (secondary N) is 1. The summed E-state index contributed by atoms with van der Waals surface area (Å²) in [6.07, 6.45) is 1.54. The SMILES string of the molecule is CC(C)(C)OC(=O)N1CCN(c2ccc(-n3ccc4cc(NS(=O)(=O)c5cc(Cl)cc(Cl)c5)ccc43)nn2)CC1. The number of carbonyl (C=O) groups excluding carboxylic acids is 1. The molecular formula is C27H28Cl2N6O4S. The monoisotopic (exact) mass is 602 g/mol. The van der Waals surface area contributed by atoms with Gasteiger partial charge in [-0.25, -0.2) is 13.2 Å². The minimum Gasteiger partial charge on any atom is -0.444 e. The Morgan fingerprint density at radius 3 is 2.17 bits per heavy atom. The average molecular weight is 604 g/mol. The molecule has 1 fully saturated rings. The Bertz CT molecular complexity index is 1640. The van der Waals surface area contributed by atoms with Gasteiger partial charge in [-0.3, -0.25) is 9.29 Å². The number of rotatable bonds is 5. The zero-order chi connectivity index (χ0) is 28.7. The number of halogens is 2. The fourth-order valence-electron chi connectivity index (χ4n) is 4.36. The Hall–Kier alpha value is -3.54. The summed E-state index contributed by atoms with van der Waals surface area (Å²) in [5.41, 5.74) is 0.703. The van der Waals surface area contributed by atoms with E-state index in [2.05, 4.69) is 19.8 Å². The summed E-state index contributed by atoms with van der Waals surface area (Å²) < 4.78 is 35.6. The van der Waals surface area contributed by atoms with Gasteiger partial charge in [0.2, 0.25) is 0 Å². The van der Waals surface area contributed by atoms with Crippen molar-refractivity contribution < 1.29 is 17.9 Å². The molecule has 10 nitrogen and oxygen atoms in total. The first-order valence-corrected chi connectivity index (χ1v) is 14.8. The topological polar surface area (TPSA) is 110 Å². The Morgan fingerprint density at radius 2 is 1.55 bits per heavy atom. The van der Waals surface area contributed by atoms with Crippen LogP contribution in [0.5, 0.6) is 0 Å². The number of hydrogen-bond donors (Lipinski definition) is 1. The van der Waals surface area contributed by atoms with Gasteiger partial charge in [0, 0.05) is 53.5 Å². The maximum atomic E-state index is 12.9. The highest BCUT2D eigenvalue weighted by atomic mass is 35.5. The van der Waals surface area contributed by atoms with E-state index in [0.29, 0.717) is 37.7 Å². The zero-order valence-corrected chi connectivity index (χ0v) is 24.5. The summed E-state index contributed by atoms with van der Waals surface area (Å²) in [5, 5.41) is 10.1. The van der Waals surface area contributed by atoms with Gasteiger partial charge in [-0.1, -0.05) is 23.2 Å². The fraction of sp³-hybridized carbons (Fsp3) is 0.296. The summed E-state index contributed by atoms with van der Waals surface area (Å²) in [6.45, 7) is 7.89. The van der Waals surface area contributed by atoms with Crippen molar-refractivity contribution in [3.8, 4) is 5.82 Å². The van der Waals surface area contributed by atoms with E-state index in [1.54, 1.807) is 17.0 Å². The van der Waals surface area contributed by atoms with E-state index in [1.807, 2.05) is 55.8 Å². The molecule has 13 heteroatoms. The summed E-state index contributed by atoms with van der Waals surface area (Å²) in [7, 11) is -3.89. The van der Waals surface area contributed by atoms with Gasteiger partial charge in [0.1, 0.15) is 5.60 Å². The number of ether oxygens (including phenoxy) is 1. The van der Waals surface area contributed by atoms with Crippen LogP contribution < -0.4 is 9.62 Å². The largest absolute Gasteiger partial charge is 0.444 e. The van der Waals surface area contributed by atoms with E-state index in [-0.39, 0.29) is 21.0 Å². The molecule has 0 radical (unpaired) electrons. The van der Waals surface area contributed by atoms with Crippen molar-refractivity contribution >= 4 is 61.7 Å². The maximum absolute atomic E-state index is 12.9. The third-order valence-electron chi connectivity index (χ3n) is 6.23. The molecule has 210 valence electrons. The lowest BCUT2D eigenvalue weighted by Gasteiger charge is -2.35. The lowest BCUT2D eigenvalue weighted by atomic mass is 10.2. The predicted molar refractivity (Wildman–Crippen MR) is 156 cm³/mol. The molecule has 4 aromatic rings. The molecule has 0 aliphatic carbocycles. The van der Waals surface area contributed by atoms with Crippen molar-refractivity contribution in [1.82, 2.24) is 19.7 Å². The standard InChI is InChI=1S/C27H28Cl2N6O4S/c1-27(2,3)39-26(36)34-12-10-33(11-13-34)24-6-7-25(31-30-24)35-9-8-18-14-21(4-5-23(18)35)32-40(37,38)22-16-19(28)15-20(29)17-22/h4-9,14-17,32H,10-13H2,1-3H3. The highest BCUT2D eigenvalue weighted by Crippen LogP contribution is 2.27. The summed E-state index contributed by atoms with van der Waals surface area (Å²) in [6, 6.07) is 15.0. The van der Waals surface area contributed by atoms with Gasteiger partial charge in [0.15, 0.2) is 11.6 Å². The van der Waals surface area contributed by atoms with E-state index in [4.69, 9.17) is 27.9 Å². The minimum absolute atomic E-state index is 0.0238. The number of nitrogens with zero attached hydrogens (tertiary/aromatic N) is 5. The quantitative estimate of drug-likeness (QED) is 0.317. The highest BCUT2D eigenvalue weighted by molar-refractivity contribution is 7.92. The van der Waals surface area contributed by atoms with E-state index < -0.39 is 15.6 Å². The van der Waals surface area contributed by atoms with Gasteiger partial charge in [-0.2, -0.15) is 0 Å². The van der Waals surface area contributed by atoms with Crippen LogP contribution in [0.2, 0.25) is 10.0 Å². The predicted octanol–water partition coefficient (Wildman–Crippen LogP) is 5.59. The average Bonchev–Trinajstić information content (AvgIpc) is 3.30. The molecule has 0 saturated carbocycles. The van der Waals surface area contributed by atoms with Gasteiger partial charge in [-0.15, -0.1) is 10.2 Å². The first-order valence-electron chi connectivity index (χ1n) is 12.5. The number of piperazine rings is 1. The zero-order valence-electron chi connectivity index (χ0n) is 22.1. The molecule has 1 saturated heterocycles. The molecule has 2 aromatic carbocycles. The van der Waals surface area contributed by atoms with Crippen LogP contribution in [0.25, 0.3) is 16.7 Å². The number of benzene rings is 2. The van der Waals surface area contributed by atoms with Crippen molar-refractivity contribution in [2.75, 3.05) is 35.8 Å². The molecule has 40 heavy (non-hydrogen) atoms. The fourth-order valence-corrected chi connectivity index (χ4v) is 6.14. The number of aromatic nitrogens is 3. The molecule has 5 rings (SSSR count). The number of amides is 1. The Kier molecular flexibility index (Phi) is 7.56. The van der Waals surface area contributed by atoms with Crippen LogP contribution >= 0.6 is 23.2 Å². The molecule has 0 bridgehead atoms. The first kappa shape index (κ1) is 28.0. The third kappa shape index (κ3) is 6.27. The molecule has 3 heterocycles. The third-order valence-corrected chi connectivity index (χ3v) is 8.02. The number of anilines is 2. The molecule has 2 aromatic heterocycles. The minimum atomic E-state index is -3.89. The Balaban J connectivity index is 1.27. The lowest BCUT2D eigenvalue weighted by molar-refractivity contribution is 0.0240. The van der Waals surface area contributed by atoms with E-state index in [9.17, 15) is 13.2 Å². The van der Waals surface area contributed by atoms with Crippen LogP contribution in [-0.4, -0.2) is 66.0 Å². The highest BCUT2D eigenvalue weighted by Gasteiger charge is 2.26. The number of carbonyl (C=O) groups is 1. The molecule has 1 amide bonds. The Labute approximate surface area is 242 Å². The Morgan fingerprint density at radius 1 is 0.900 bits per heavy atom. The molecule has 1 aliphatic rings. The van der Waals surface area contributed by atoms with Crippen molar-refractivity contribution in [1.29, 1.82) is 0 Å². The van der Waals surface area contributed by atoms with Gasteiger partial charge >= 0.3 is 6.09 Å². The van der Waals surface area contributed by atoms with Crippen molar-refractivity contribution in [3.05, 3.63) is 70.8 Å². The second-order valence-corrected chi connectivity index (χ2v) is 12.9. The normalized spacial score (nSPS) is 14.4. The van der Waals surface area contributed by atoms with Gasteiger partial charge < -0.3 is 14.5 Å². The van der Waals surface area contributed by atoms with Crippen molar-refractivity contribution in [2.24, 2.45) is 0 Å². The molecule has 1 N–H and O–H groups in total. The van der Waals surface area contributed by atoms with Crippen LogP contribution in [0.4, 0.5) is 16.3 Å². The summed E-state index contributed by atoms with van der Waals surface area (Å²) in [4.78, 5) is 16.1. The number of hydrogen-bond acceptors (Lipinski definition) is 7.